The van der Waals surface area contributed by atoms with Crippen LogP contribution < -0.4 is 5.56 Å². The molecule has 1 aliphatic heterocycles. The number of aromatic nitrogens is 2. The third-order valence-electron chi connectivity index (χ3n) is 4.16. The summed E-state index contributed by atoms with van der Waals surface area (Å²) in [6, 6.07) is 0. The minimum absolute atomic E-state index is 0.0201. The van der Waals surface area contributed by atoms with Crippen LogP contribution in [0.4, 0.5) is 0 Å². The number of thiophene rings is 1. The number of ether oxygens (including phenoxy) is 1. The SMILES string of the molecule is CCCCn1cnc2sc(C(=O)N3CCOCC3)c(C)c2c1=O. The molecular weight excluding hydrogens is 314 g/mol. The van der Waals surface area contributed by atoms with Crippen molar-refractivity contribution in [2.24, 2.45) is 0 Å². The summed E-state index contributed by atoms with van der Waals surface area (Å²) < 4.78 is 6.94. The predicted molar refractivity (Wildman–Crippen MR) is 90.2 cm³/mol. The molecule has 0 aromatic carbocycles. The summed E-state index contributed by atoms with van der Waals surface area (Å²) in [4.78, 5) is 32.8. The molecule has 3 heterocycles. The van der Waals surface area contributed by atoms with Gasteiger partial charge in [-0.05, 0) is 18.9 Å². The summed E-state index contributed by atoms with van der Waals surface area (Å²) in [5.74, 6) is -0.0201. The van der Waals surface area contributed by atoms with Crippen molar-refractivity contribution in [2.45, 2.75) is 33.2 Å². The van der Waals surface area contributed by atoms with Crippen LogP contribution >= 0.6 is 11.3 Å². The molecule has 124 valence electrons. The average molecular weight is 335 g/mol. The molecule has 6 nitrogen and oxygen atoms in total. The van der Waals surface area contributed by atoms with Crippen LogP contribution in [-0.4, -0.2) is 46.7 Å². The Bertz CT molecular complexity index is 775. The van der Waals surface area contributed by atoms with Gasteiger partial charge < -0.3 is 9.64 Å². The van der Waals surface area contributed by atoms with Crippen molar-refractivity contribution in [3.63, 3.8) is 0 Å². The molecule has 1 aliphatic rings. The number of carbonyl (C=O) groups excluding carboxylic acids is 1. The quantitative estimate of drug-likeness (QED) is 0.858. The Morgan fingerprint density at radius 1 is 1.39 bits per heavy atom. The van der Waals surface area contributed by atoms with Crippen molar-refractivity contribution in [3.05, 3.63) is 27.1 Å². The van der Waals surface area contributed by atoms with Crippen molar-refractivity contribution in [1.29, 1.82) is 0 Å². The average Bonchev–Trinajstić information content (AvgIpc) is 2.92. The first-order chi connectivity index (χ1) is 11.1. The highest BCUT2D eigenvalue weighted by Gasteiger charge is 2.24. The molecule has 0 spiro atoms. The smallest absolute Gasteiger partial charge is 0.264 e. The molecule has 3 rings (SSSR count). The zero-order valence-corrected chi connectivity index (χ0v) is 14.3. The number of fused-ring (bicyclic) bond motifs is 1. The van der Waals surface area contributed by atoms with E-state index in [9.17, 15) is 9.59 Å². The number of aryl methyl sites for hydroxylation is 2. The molecule has 0 aliphatic carbocycles. The fourth-order valence-corrected chi connectivity index (χ4v) is 3.87. The molecule has 1 saturated heterocycles. The first-order valence-corrected chi connectivity index (χ1v) is 8.80. The Balaban J connectivity index is 1.99. The van der Waals surface area contributed by atoms with E-state index in [0.29, 0.717) is 47.9 Å². The van der Waals surface area contributed by atoms with Crippen LogP contribution in [0.25, 0.3) is 10.2 Å². The Morgan fingerprint density at radius 2 is 2.13 bits per heavy atom. The van der Waals surface area contributed by atoms with Gasteiger partial charge in [0.1, 0.15) is 4.83 Å². The van der Waals surface area contributed by atoms with Gasteiger partial charge >= 0.3 is 0 Å². The number of morpholine rings is 1. The van der Waals surface area contributed by atoms with Crippen molar-refractivity contribution in [2.75, 3.05) is 26.3 Å². The zero-order valence-electron chi connectivity index (χ0n) is 13.5. The Morgan fingerprint density at radius 3 is 2.83 bits per heavy atom. The van der Waals surface area contributed by atoms with E-state index in [1.54, 1.807) is 15.8 Å². The second kappa shape index (κ2) is 6.80. The van der Waals surface area contributed by atoms with Gasteiger partial charge in [-0.3, -0.25) is 14.2 Å². The minimum atomic E-state index is -0.0433. The van der Waals surface area contributed by atoms with Crippen LogP contribution in [0, 0.1) is 6.92 Å². The molecule has 0 bridgehead atoms. The van der Waals surface area contributed by atoms with Gasteiger partial charge in [0.25, 0.3) is 11.5 Å². The topological polar surface area (TPSA) is 64.4 Å². The lowest BCUT2D eigenvalue weighted by Crippen LogP contribution is -2.40. The van der Waals surface area contributed by atoms with Gasteiger partial charge in [0.15, 0.2) is 0 Å². The monoisotopic (exact) mass is 335 g/mol. The van der Waals surface area contributed by atoms with Crippen LogP contribution in [0.3, 0.4) is 0 Å². The normalized spacial score (nSPS) is 15.3. The highest BCUT2D eigenvalue weighted by molar-refractivity contribution is 7.20. The maximum Gasteiger partial charge on any atom is 0.264 e. The molecule has 0 atom stereocenters. The number of unbranched alkanes of at least 4 members (excludes halogenated alkanes) is 1. The second-order valence-electron chi connectivity index (χ2n) is 5.74. The van der Waals surface area contributed by atoms with Gasteiger partial charge in [0.2, 0.25) is 0 Å². The van der Waals surface area contributed by atoms with Gasteiger partial charge in [-0.2, -0.15) is 0 Å². The largest absolute Gasteiger partial charge is 0.378 e. The molecule has 0 saturated carbocycles. The van der Waals surface area contributed by atoms with Crippen LogP contribution in [-0.2, 0) is 11.3 Å². The molecule has 23 heavy (non-hydrogen) atoms. The molecule has 2 aromatic heterocycles. The van der Waals surface area contributed by atoms with Gasteiger partial charge in [0, 0.05) is 19.6 Å². The molecule has 0 unspecified atom stereocenters. The summed E-state index contributed by atoms with van der Waals surface area (Å²) in [5.41, 5.74) is 0.711. The first kappa shape index (κ1) is 16.1. The van der Waals surface area contributed by atoms with Crippen LogP contribution in [0.1, 0.15) is 35.0 Å². The number of hydrogen-bond acceptors (Lipinski definition) is 5. The van der Waals surface area contributed by atoms with Crippen LogP contribution in [0.5, 0.6) is 0 Å². The Labute approximate surface area is 138 Å². The van der Waals surface area contributed by atoms with Crippen molar-refractivity contribution in [3.8, 4) is 0 Å². The summed E-state index contributed by atoms with van der Waals surface area (Å²) in [6.45, 7) is 6.93. The molecular formula is C16H21N3O3S. The minimum Gasteiger partial charge on any atom is -0.378 e. The number of nitrogens with zero attached hydrogens (tertiary/aromatic N) is 3. The highest BCUT2D eigenvalue weighted by atomic mass is 32.1. The maximum atomic E-state index is 12.7. The Hall–Kier alpha value is -1.73. The summed E-state index contributed by atoms with van der Waals surface area (Å²) in [6.07, 6.45) is 3.56. The number of hydrogen-bond donors (Lipinski definition) is 0. The van der Waals surface area contributed by atoms with Gasteiger partial charge in [-0.15, -0.1) is 11.3 Å². The second-order valence-corrected chi connectivity index (χ2v) is 6.74. The van der Waals surface area contributed by atoms with Crippen LogP contribution in [0.15, 0.2) is 11.1 Å². The highest BCUT2D eigenvalue weighted by Crippen LogP contribution is 2.28. The molecule has 1 amide bonds. The van der Waals surface area contributed by atoms with Gasteiger partial charge in [-0.1, -0.05) is 13.3 Å². The van der Waals surface area contributed by atoms with Crippen LogP contribution in [0.2, 0.25) is 0 Å². The summed E-state index contributed by atoms with van der Waals surface area (Å²) in [7, 11) is 0. The lowest BCUT2D eigenvalue weighted by atomic mass is 10.2. The van der Waals surface area contributed by atoms with Crippen molar-refractivity contribution >= 4 is 27.5 Å². The van der Waals surface area contributed by atoms with Crippen molar-refractivity contribution < 1.29 is 9.53 Å². The number of carbonyl (C=O) groups is 1. The van der Waals surface area contributed by atoms with E-state index in [4.69, 9.17) is 4.74 Å². The number of amides is 1. The predicted octanol–water partition coefficient (Wildman–Crippen LogP) is 2.04. The third-order valence-corrected chi connectivity index (χ3v) is 5.35. The van der Waals surface area contributed by atoms with Gasteiger partial charge in [-0.25, -0.2) is 4.98 Å². The molecule has 7 heteroatoms. The summed E-state index contributed by atoms with van der Waals surface area (Å²) >= 11 is 1.32. The zero-order chi connectivity index (χ0) is 16.4. The van der Waals surface area contributed by atoms with E-state index in [-0.39, 0.29) is 11.5 Å². The van der Waals surface area contributed by atoms with E-state index in [1.165, 1.54) is 11.3 Å². The number of rotatable bonds is 4. The standard InChI is InChI=1S/C16H21N3O3S/c1-3-4-5-19-10-17-14-12(15(19)20)11(2)13(23-14)16(21)18-6-8-22-9-7-18/h10H,3-9H2,1-2H3. The fourth-order valence-electron chi connectivity index (χ4n) is 2.76. The third kappa shape index (κ3) is 3.03. The molecule has 0 radical (unpaired) electrons. The van der Waals surface area contributed by atoms with E-state index >= 15 is 0 Å². The first-order valence-electron chi connectivity index (χ1n) is 7.99. The van der Waals surface area contributed by atoms with E-state index in [0.717, 1.165) is 18.4 Å². The summed E-state index contributed by atoms with van der Waals surface area (Å²) in [5, 5.41) is 0.588. The van der Waals surface area contributed by atoms with E-state index in [2.05, 4.69) is 11.9 Å². The Kier molecular flexibility index (Phi) is 4.77. The molecule has 1 fully saturated rings. The molecule has 0 N–H and O–H groups in total. The lowest BCUT2D eigenvalue weighted by Gasteiger charge is -2.26. The lowest BCUT2D eigenvalue weighted by molar-refractivity contribution is 0.0306. The maximum absolute atomic E-state index is 12.7. The fraction of sp³-hybridized carbons (Fsp3) is 0.562. The molecule has 2 aromatic rings. The van der Waals surface area contributed by atoms with E-state index in [1.807, 2.05) is 6.92 Å². The van der Waals surface area contributed by atoms with Crippen molar-refractivity contribution in [1.82, 2.24) is 14.5 Å². The van der Waals surface area contributed by atoms with E-state index < -0.39 is 0 Å². The van der Waals surface area contributed by atoms with Gasteiger partial charge in [0.05, 0.1) is 29.8 Å².